The Balaban J connectivity index is 2.31. The average Bonchev–Trinajstić information content (AvgIpc) is 3.13. The zero-order chi connectivity index (χ0) is 17.4. The first-order valence-electron chi connectivity index (χ1n) is 8.21. The Morgan fingerprint density at radius 2 is 2.00 bits per heavy atom. The highest BCUT2D eigenvalue weighted by Gasteiger charge is 2.33. The SMILES string of the molecule is CC(C)CN(CC(=O)O)C(=O)c1cc(C2CC2)n(C(C)(C)C)n1. The highest BCUT2D eigenvalue weighted by atomic mass is 16.4. The van der Waals surface area contributed by atoms with Crippen molar-refractivity contribution in [1.29, 1.82) is 0 Å². The van der Waals surface area contributed by atoms with Crippen molar-refractivity contribution in [2.75, 3.05) is 13.1 Å². The maximum atomic E-state index is 12.7. The Bertz CT molecular complexity index is 595. The van der Waals surface area contributed by atoms with E-state index in [2.05, 4.69) is 25.9 Å². The van der Waals surface area contributed by atoms with Gasteiger partial charge in [0.05, 0.1) is 5.54 Å². The second-order valence-electron chi connectivity index (χ2n) is 7.78. The monoisotopic (exact) mass is 321 g/mol. The molecule has 1 N–H and O–H groups in total. The minimum absolute atomic E-state index is 0.200. The standard InChI is InChI=1S/C17H27N3O3/c1-11(2)9-19(10-15(21)22)16(23)13-8-14(12-6-7-12)20(18-13)17(3,4)5/h8,11-12H,6-7,9-10H2,1-5H3,(H,21,22). The molecule has 1 fully saturated rings. The molecule has 1 aliphatic carbocycles. The summed E-state index contributed by atoms with van der Waals surface area (Å²) in [6, 6.07) is 1.85. The third-order valence-corrected chi connectivity index (χ3v) is 3.79. The van der Waals surface area contributed by atoms with Gasteiger partial charge in [0.25, 0.3) is 5.91 Å². The molecule has 1 saturated carbocycles. The lowest BCUT2D eigenvalue weighted by atomic mass is 10.1. The zero-order valence-electron chi connectivity index (χ0n) is 14.7. The molecule has 0 saturated heterocycles. The molecule has 0 aromatic carbocycles. The molecular weight excluding hydrogens is 294 g/mol. The third kappa shape index (κ3) is 4.33. The number of carbonyl (C=O) groups is 2. The largest absolute Gasteiger partial charge is 0.480 e. The summed E-state index contributed by atoms with van der Waals surface area (Å²) in [6.07, 6.45) is 2.25. The van der Waals surface area contributed by atoms with Crippen LogP contribution in [0.4, 0.5) is 0 Å². The lowest BCUT2D eigenvalue weighted by Gasteiger charge is -2.23. The Morgan fingerprint density at radius 3 is 2.43 bits per heavy atom. The molecular formula is C17H27N3O3. The fourth-order valence-electron chi connectivity index (χ4n) is 2.69. The van der Waals surface area contributed by atoms with E-state index >= 15 is 0 Å². The highest BCUT2D eigenvalue weighted by Crippen LogP contribution is 2.41. The minimum atomic E-state index is -1.00. The van der Waals surface area contributed by atoms with Crippen molar-refractivity contribution in [2.45, 2.75) is 58.9 Å². The van der Waals surface area contributed by atoms with E-state index in [0.717, 1.165) is 18.5 Å². The highest BCUT2D eigenvalue weighted by molar-refractivity contribution is 5.94. The molecule has 6 heteroatoms. The second-order valence-corrected chi connectivity index (χ2v) is 7.78. The summed E-state index contributed by atoms with van der Waals surface area (Å²) in [5.74, 6) is -0.630. The van der Waals surface area contributed by atoms with Crippen LogP contribution >= 0.6 is 0 Å². The maximum Gasteiger partial charge on any atom is 0.323 e. The van der Waals surface area contributed by atoms with Crippen LogP contribution in [-0.4, -0.2) is 44.8 Å². The van der Waals surface area contributed by atoms with Crippen molar-refractivity contribution < 1.29 is 14.7 Å². The molecule has 2 rings (SSSR count). The van der Waals surface area contributed by atoms with Crippen molar-refractivity contribution in [2.24, 2.45) is 5.92 Å². The van der Waals surface area contributed by atoms with E-state index in [1.165, 1.54) is 4.90 Å². The molecule has 6 nitrogen and oxygen atoms in total. The summed E-state index contributed by atoms with van der Waals surface area (Å²) in [4.78, 5) is 25.2. The zero-order valence-corrected chi connectivity index (χ0v) is 14.7. The van der Waals surface area contributed by atoms with Gasteiger partial charge in [0.2, 0.25) is 0 Å². The van der Waals surface area contributed by atoms with Crippen LogP contribution < -0.4 is 0 Å². The first-order chi connectivity index (χ1) is 10.6. The number of hydrogen-bond acceptors (Lipinski definition) is 3. The van der Waals surface area contributed by atoms with Crippen LogP contribution in [0.1, 0.15) is 69.6 Å². The number of carboxylic acid groups (broad SMARTS) is 1. The van der Waals surface area contributed by atoms with Gasteiger partial charge in [0.1, 0.15) is 6.54 Å². The predicted molar refractivity (Wildman–Crippen MR) is 87.6 cm³/mol. The van der Waals surface area contributed by atoms with E-state index in [1.807, 2.05) is 24.6 Å². The molecule has 1 aliphatic rings. The smallest absolute Gasteiger partial charge is 0.323 e. The van der Waals surface area contributed by atoms with Crippen molar-refractivity contribution >= 4 is 11.9 Å². The van der Waals surface area contributed by atoms with Gasteiger partial charge in [-0.2, -0.15) is 5.10 Å². The van der Waals surface area contributed by atoms with Crippen molar-refractivity contribution in [1.82, 2.24) is 14.7 Å². The van der Waals surface area contributed by atoms with Crippen LogP contribution in [0.25, 0.3) is 0 Å². The maximum absolute atomic E-state index is 12.7. The number of carbonyl (C=O) groups excluding carboxylic acids is 1. The summed E-state index contributed by atoms with van der Waals surface area (Å²) < 4.78 is 1.92. The Kier molecular flexibility index (Phi) is 4.82. The quantitative estimate of drug-likeness (QED) is 0.874. The minimum Gasteiger partial charge on any atom is -0.480 e. The van der Waals surface area contributed by atoms with E-state index in [1.54, 1.807) is 0 Å². The topological polar surface area (TPSA) is 75.4 Å². The van der Waals surface area contributed by atoms with Crippen LogP contribution in [0.2, 0.25) is 0 Å². The van der Waals surface area contributed by atoms with Gasteiger partial charge in [-0.15, -0.1) is 0 Å². The van der Waals surface area contributed by atoms with Gasteiger partial charge in [-0.3, -0.25) is 14.3 Å². The molecule has 0 spiro atoms. The van der Waals surface area contributed by atoms with Gasteiger partial charge < -0.3 is 10.0 Å². The number of aliphatic carboxylic acids is 1. The summed E-state index contributed by atoms with van der Waals surface area (Å²) >= 11 is 0. The van der Waals surface area contributed by atoms with E-state index < -0.39 is 5.97 Å². The Labute approximate surface area is 137 Å². The second kappa shape index (κ2) is 6.34. The molecule has 23 heavy (non-hydrogen) atoms. The van der Waals surface area contributed by atoms with Crippen LogP contribution in [0, 0.1) is 5.92 Å². The van der Waals surface area contributed by atoms with Gasteiger partial charge in [-0.25, -0.2) is 0 Å². The van der Waals surface area contributed by atoms with E-state index in [4.69, 9.17) is 5.11 Å². The van der Waals surface area contributed by atoms with E-state index in [0.29, 0.717) is 18.2 Å². The van der Waals surface area contributed by atoms with Gasteiger partial charge in [0.15, 0.2) is 5.69 Å². The molecule has 1 heterocycles. The molecule has 0 radical (unpaired) electrons. The summed E-state index contributed by atoms with van der Waals surface area (Å²) in [5.41, 5.74) is 1.23. The van der Waals surface area contributed by atoms with Crippen LogP contribution in [0.15, 0.2) is 6.07 Å². The summed E-state index contributed by atoms with van der Waals surface area (Å²) in [5, 5.41) is 13.6. The Hall–Kier alpha value is -1.85. The molecule has 1 aromatic heterocycles. The molecule has 128 valence electrons. The summed E-state index contributed by atoms with van der Waals surface area (Å²) in [6.45, 7) is 10.2. The first-order valence-corrected chi connectivity index (χ1v) is 8.21. The molecule has 0 aliphatic heterocycles. The number of nitrogens with zero attached hydrogens (tertiary/aromatic N) is 3. The van der Waals surface area contributed by atoms with E-state index in [9.17, 15) is 9.59 Å². The fraction of sp³-hybridized carbons (Fsp3) is 0.706. The number of amides is 1. The summed E-state index contributed by atoms with van der Waals surface area (Å²) in [7, 11) is 0. The number of aromatic nitrogens is 2. The van der Waals surface area contributed by atoms with Crippen LogP contribution in [-0.2, 0) is 10.3 Å². The number of carboxylic acids is 1. The van der Waals surface area contributed by atoms with Crippen molar-refractivity contribution in [3.8, 4) is 0 Å². The molecule has 0 bridgehead atoms. The lowest BCUT2D eigenvalue weighted by Crippen LogP contribution is -2.38. The third-order valence-electron chi connectivity index (χ3n) is 3.79. The van der Waals surface area contributed by atoms with Crippen molar-refractivity contribution in [3.63, 3.8) is 0 Å². The average molecular weight is 321 g/mol. The number of rotatable bonds is 6. The van der Waals surface area contributed by atoms with Crippen molar-refractivity contribution in [3.05, 3.63) is 17.5 Å². The fourth-order valence-corrected chi connectivity index (χ4v) is 2.69. The van der Waals surface area contributed by atoms with Gasteiger partial charge >= 0.3 is 5.97 Å². The Morgan fingerprint density at radius 1 is 1.39 bits per heavy atom. The van der Waals surface area contributed by atoms with Gasteiger partial charge in [-0.05, 0) is 45.6 Å². The first kappa shape index (κ1) is 17.5. The van der Waals surface area contributed by atoms with Gasteiger partial charge in [0, 0.05) is 18.2 Å². The van der Waals surface area contributed by atoms with Crippen LogP contribution in [0.3, 0.4) is 0 Å². The molecule has 1 aromatic rings. The molecule has 0 atom stereocenters. The molecule has 1 amide bonds. The van der Waals surface area contributed by atoms with Gasteiger partial charge in [-0.1, -0.05) is 13.8 Å². The normalized spacial score (nSPS) is 15.0. The lowest BCUT2D eigenvalue weighted by molar-refractivity contribution is -0.137. The predicted octanol–water partition coefficient (Wildman–Crippen LogP) is 2.70. The number of hydrogen-bond donors (Lipinski definition) is 1. The van der Waals surface area contributed by atoms with E-state index in [-0.39, 0.29) is 23.9 Å². The van der Waals surface area contributed by atoms with Crippen LogP contribution in [0.5, 0.6) is 0 Å². The molecule has 0 unspecified atom stereocenters.